The summed E-state index contributed by atoms with van der Waals surface area (Å²) < 4.78 is 0. The summed E-state index contributed by atoms with van der Waals surface area (Å²) in [6.45, 7) is 10.4. The lowest BCUT2D eigenvalue weighted by molar-refractivity contribution is 1.21. The fourth-order valence-corrected chi connectivity index (χ4v) is 12.6. The first-order valence-corrected chi connectivity index (χ1v) is 17.0. The van der Waals surface area contributed by atoms with E-state index in [-0.39, 0.29) is 0 Å². The average Bonchev–Trinajstić information content (AvgIpc) is 2.79. The lowest BCUT2D eigenvalue weighted by Crippen LogP contribution is -2.86. The van der Waals surface area contributed by atoms with E-state index in [2.05, 4.69) is 96.8 Å². The van der Waals surface area contributed by atoms with Crippen LogP contribution in [0.4, 0.5) is 0 Å². The minimum atomic E-state index is -1.86. The smallest absolute Gasteiger partial charge is 0.240 e. The Kier molecular flexibility index (Phi) is 3.90. The molecule has 0 aliphatic carbocycles. The van der Waals surface area contributed by atoms with Crippen molar-refractivity contribution in [3.05, 3.63) is 79.3 Å². The van der Waals surface area contributed by atoms with Crippen molar-refractivity contribution < 1.29 is 0 Å². The first kappa shape index (κ1) is 19.0. The highest BCUT2D eigenvalue weighted by Gasteiger charge is 2.49. The summed E-state index contributed by atoms with van der Waals surface area (Å²) in [4.78, 5) is 9.03. The Morgan fingerprint density at radius 3 is 1.74 bits per heavy atom. The highest BCUT2D eigenvalue weighted by molar-refractivity contribution is 7.21. The predicted molar refractivity (Wildman–Crippen MR) is 139 cm³/mol. The maximum absolute atomic E-state index is 4.66. The molecule has 0 atom stereocenters. The highest BCUT2D eigenvalue weighted by Crippen LogP contribution is 2.20. The molecule has 5 heteroatoms. The second-order valence-corrected chi connectivity index (χ2v) is 18.6. The predicted octanol–water partition coefficient (Wildman–Crippen LogP) is 0.932. The van der Waals surface area contributed by atoms with Crippen molar-refractivity contribution in [3.63, 3.8) is 0 Å². The number of aromatic nitrogens is 2. The third-order valence-electron chi connectivity index (χ3n) is 7.56. The molecule has 0 bridgehead atoms. The van der Waals surface area contributed by atoms with Gasteiger partial charge in [-0.25, -0.2) is 0 Å². The number of hydrogen-bond donors (Lipinski definition) is 0. The standard InChI is InChI=1S/C26H25BN2Si2/c1-30(2)22-11-7-5-9-19(22)27-20-10-6-8-12-23(20)31(3,4)25-16-18(15-24(30)26(25)27)21-17-28-13-14-29-21/h5-17H,1-4H3. The second-order valence-electron chi connectivity index (χ2n) is 9.93. The van der Waals surface area contributed by atoms with E-state index in [0.29, 0.717) is 6.71 Å². The molecule has 0 amide bonds. The monoisotopic (exact) mass is 432 g/mol. The fourth-order valence-electron chi connectivity index (χ4n) is 6.00. The van der Waals surface area contributed by atoms with Gasteiger partial charge in [-0.15, -0.1) is 0 Å². The van der Waals surface area contributed by atoms with Crippen LogP contribution in [0.5, 0.6) is 0 Å². The van der Waals surface area contributed by atoms with Crippen LogP contribution < -0.4 is 37.1 Å². The first-order valence-electron chi connectivity index (χ1n) is 11.0. The molecule has 0 N–H and O–H groups in total. The van der Waals surface area contributed by atoms with Crippen molar-refractivity contribution in [2.24, 2.45) is 0 Å². The number of rotatable bonds is 1. The van der Waals surface area contributed by atoms with Crippen LogP contribution in [0.15, 0.2) is 79.3 Å². The van der Waals surface area contributed by atoms with Crippen LogP contribution in [0.3, 0.4) is 0 Å². The van der Waals surface area contributed by atoms with Crippen molar-refractivity contribution in [1.82, 2.24) is 9.97 Å². The van der Waals surface area contributed by atoms with Crippen molar-refractivity contribution in [2.45, 2.75) is 26.2 Å². The zero-order valence-corrected chi connectivity index (χ0v) is 20.5. The second kappa shape index (κ2) is 6.37. The Labute approximate surface area is 186 Å². The lowest BCUT2D eigenvalue weighted by atomic mass is 9.36. The molecule has 2 aliphatic heterocycles. The van der Waals surface area contributed by atoms with Gasteiger partial charge in [0.2, 0.25) is 6.71 Å². The third kappa shape index (κ3) is 2.50. The van der Waals surface area contributed by atoms with Gasteiger partial charge < -0.3 is 0 Å². The molecule has 4 aromatic rings. The van der Waals surface area contributed by atoms with Crippen LogP contribution in [0, 0.1) is 0 Å². The fraction of sp³-hybridized carbons (Fsp3) is 0.154. The van der Waals surface area contributed by atoms with E-state index in [9.17, 15) is 0 Å². The van der Waals surface area contributed by atoms with Gasteiger partial charge >= 0.3 is 0 Å². The van der Waals surface area contributed by atoms with E-state index in [1.807, 2.05) is 6.20 Å². The Morgan fingerprint density at radius 1 is 0.677 bits per heavy atom. The molecule has 0 saturated carbocycles. The topological polar surface area (TPSA) is 25.8 Å². The molecular weight excluding hydrogens is 407 g/mol. The van der Waals surface area contributed by atoms with Gasteiger partial charge in [0, 0.05) is 18.0 Å². The summed E-state index contributed by atoms with van der Waals surface area (Å²) in [6, 6.07) is 23.3. The van der Waals surface area contributed by atoms with Crippen LogP contribution in [0.2, 0.25) is 26.2 Å². The molecule has 3 aromatic carbocycles. The Hall–Kier alpha value is -2.76. The minimum Gasteiger partial charge on any atom is -0.261 e. The van der Waals surface area contributed by atoms with Gasteiger partial charge in [0.1, 0.15) is 16.1 Å². The molecule has 2 nitrogen and oxygen atoms in total. The molecule has 0 unspecified atom stereocenters. The Morgan fingerprint density at radius 2 is 1.23 bits per heavy atom. The van der Waals surface area contributed by atoms with Crippen molar-refractivity contribution in [2.75, 3.05) is 0 Å². The molecule has 3 heterocycles. The molecule has 6 rings (SSSR count). The lowest BCUT2D eigenvalue weighted by Gasteiger charge is -2.45. The van der Waals surface area contributed by atoms with Gasteiger partial charge in [-0.3, -0.25) is 9.97 Å². The number of fused-ring (bicyclic) bond motifs is 4. The van der Waals surface area contributed by atoms with Crippen LogP contribution in [0.1, 0.15) is 0 Å². The summed E-state index contributed by atoms with van der Waals surface area (Å²) >= 11 is 0. The zero-order valence-electron chi connectivity index (χ0n) is 18.5. The Bertz CT molecular complexity index is 1270. The first-order chi connectivity index (χ1) is 14.9. The summed E-state index contributed by atoms with van der Waals surface area (Å²) in [5.41, 5.74) is 6.86. The largest absolute Gasteiger partial charge is 0.261 e. The molecule has 0 spiro atoms. The summed E-state index contributed by atoms with van der Waals surface area (Å²) in [5.74, 6) is 0. The minimum absolute atomic E-state index is 0.342. The molecule has 31 heavy (non-hydrogen) atoms. The normalized spacial score (nSPS) is 16.8. The molecule has 0 fully saturated rings. The summed E-state index contributed by atoms with van der Waals surface area (Å²) in [7, 11) is -3.72. The molecule has 1 aromatic heterocycles. The van der Waals surface area contributed by atoms with E-state index >= 15 is 0 Å². The van der Waals surface area contributed by atoms with Gasteiger partial charge in [-0.05, 0) is 0 Å². The van der Waals surface area contributed by atoms with Crippen LogP contribution in [-0.4, -0.2) is 32.8 Å². The molecule has 150 valence electrons. The average molecular weight is 432 g/mol. The molecular formula is C26H25BN2Si2. The highest BCUT2D eigenvalue weighted by atomic mass is 28.3. The van der Waals surface area contributed by atoms with Crippen molar-refractivity contribution in [3.8, 4) is 11.3 Å². The number of nitrogens with zero attached hydrogens (tertiary/aromatic N) is 2. The van der Waals surface area contributed by atoms with Crippen LogP contribution in [-0.2, 0) is 0 Å². The van der Waals surface area contributed by atoms with E-state index in [0.717, 1.165) is 5.69 Å². The third-order valence-corrected chi connectivity index (χ3v) is 14.7. The van der Waals surface area contributed by atoms with E-state index in [1.165, 1.54) is 16.5 Å². The molecule has 0 saturated heterocycles. The maximum atomic E-state index is 4.66. The molecule has 0 radical (unpaired) electrons. The van der Waals surface area contributed by atoms with Crippen LogP contribution in [0.25, 0.3) is 11.3 Å². The van der Waals surface area contributed by atoms with Gasteiger partial charge in [0.15, 0.2) is 0 Å². The molecule has 2 aliphatic rings. The van der Waals surface area contributed by atoms with Gasteiger partial charge in [-0.2, -0.15) is 0 Å². The van der Waals surface area contributed by atoms with Crippen LogP contribution >= 0.6 is 0 Å². The van der Waals surface area contributed by atoms with E-state index in [4.69, 9.17) is 0 Å². The maximum Gasteiger partial charge on any atom is 0.240 e. The SMILES string of the molecule is C[Si]1(C)c2ccccc2B2c3ccccc3[Si](C)(C)c3cc(-c4cnccn4)cc1c32. The van der Waals surface area contributed by atoms with Crippen molar-refractivity contribution in [1.29, 1.82) is 0 Å². The zero-order chi connectivity index (χ0) is 21.4. The van der Waals surface area contributed by atoms with Crippen molar-refractivity contribution >= 4 is 60.0 Å². The van der Waals surface area contributed by atoms with E-state index in [1.54, 1.807) is 38.6 Å². The quantitative estimate of drug-likeness (QED) is 0.419. The number of benzene rings is 3. The van der Waals surface area contributed by atoms with E-state index < -0.39 is 16.1 Å². The van der Waals surface area contributed by atoms with Gasteiger partial charge in [-0.1, -0.05) is 124 Å². The summed E-state index contributed by atoms with van der Waals surface area (Å²) in [6.07, 6.45) is 5.47. The van der Waals surface area contributed by atoms with Gasteiger partial charge in [0.05, 0.1) is 11.9 Å². The number of hydrogen-bond acceptors (Lipinski definition) is 2. The Balaban J connectivity index is 1.77. The summed E-state index contributed by atoms with van der Waals surface area (Å²) in [5, 5.41) is 6.32. The van der Waals surface area contributed by atoms with Gasteiger partial charge in [0.25, 0.3) is 0 Å².